The first kappa shape index (κ1) is 13.9. The largest absolute Gasteiger partial charge is 0.349 e. The third kappa shape index (κ3) is 3.72. The first-order chi connectivity index (χ1) is 8.74. The number of amides is 1. The van der Waals surface area contributed by atoms with Crippen molar-refractivity contribution >= 4 is 28.8 Å². The van der Waals surface area contributed by atoms with Gasteiger partial charge in [-0.3, -0.25) is 4.79 Å². The number of rotatable bonds is 6. The second kappa shape index (κ2) is 6.58. The predicted octanol–water partition coefficient (Wildman–Crippen LogP) is 3.74. The van der Waals surface area contributed by atoms with Crippen molar-refractivity contribution in [2.24, 2.45) is 0 Å². The molecule has 4 heteroatoms. The van der Waals surface area contributed by atoms with E-state index < -0.39 is 0 Å². The first-order valence-corrected chi connectivity index (χ1v) is 8.05. The molecule has 1 N–H and O–H groups in total. The number of hydrogen-bond acceptors (Lipinski definition) is 2. The van der Waals surface area contributed by atoms with Crippen LogP contribution in [0.4, 0.5) is 0 Å². The number of nitrogens with one attached hydrogen (secondary N) is 1. The molecular formula is C14H20ClNOS. The molecule has 0 atom stereocenters. The van der Waals surface area contributed by atoms with Crippen LogP contribution in [0.5, 0.6) is 0 Å². The van der Waals surface area contributed by atoms with Gasteiger partial charge in [0.1, 0.15) is 0 Å². The Morgan fingerprint density at radius 1 is 1.44 bits per heavy atom. The molecule has 0 spiro atoms. The molecule has 18 heavy (non-hydrogen) atoms. The number of hydrogen-bond donors (Lipinski definition) is 1. The van der Waals surface area contributed by atoms with E-state index in [1.54, 1.807) is 11.3 Å². The van der Waals surface area contributed by atoms with Crippen molar-refractivity contribution in [1.29, 1.82) is 0 Å². The molecule has 0 bridgehead atoms. The van der Waals surface area contributed by atoms with Crippen LogP contribution in [0.3, 0.4) is 0 Å². The predicted molar refractivity (Wildman–Crippen MR) is 77.3 cm³/mol. The van der Waals surface area contributed by atoms with Crippen LogP contribution in [0.25, 0.3) is 0 Å². The molecule has 0 aromatic carbocycles. The van der Waals surface area contributed by atoms with Gasteiger partial charge in [0, 0.05) is 17.2 Å². The van der Waals surface area contributed by atoms with E-state index >= 15 is 0 Å². The van der Waals surface area contributed by atoms with Crippen LogP contribution in [-0.2, 0) is 11.2 Å². The van der Waals surface area contributed by atoms with Crippen molar-refractivity contribution in [3.63, 3.8) is 0 Å². The average molecular weight is 286 g/mol. The lowest BCUT2D eigenvalue weighted by Gasteiger charge is -2.27. The van der Waals surface area contributed by atoms with Gasteiger partial charge in [-0.25, -0.2) is 0 Å². The zero-order valence-corrected chi connectivity index (χ0v) is 12.2. The number of thiophene rings is 1. The fourth-order valence-electron chi connectivity index (χ4n) is 2.58. The maximum absolute atomic E-state index is 11.9. The van der Waals surface area contributed by atoms with Gasteiger partial charge in [-0.05, 0) is 37.1 Å². The summed E-state index contributed by atoms with van der Waals surface area (Å²) in [6, 6.07) is 4.18. The highest BCUT2D eigenvalue weighted by atomic mass is 35.5. The molecule has 1 fully saturated rings. The maximum Gasteiger partial charge on any atom is 0.220 e. The van der Waals surface area contributed by atoms with Crippen LogP contribution in [0.2, 0.25) is 0 Å². The Balaban J connectivity index is 1.71. The standard InChI is InChI=1S/C14H20ClNOS/c15-11-14(8-1-2-9-14)16-13(17)7-3-5-12-6-4-10-18-12/h4,6,10H,1-3,5,7-9,11H2,(H,16,17). The van der Waals surface area contributed by atoms with Crippen LogP contribution in [-0.4, -0.2) is 17.3 Å². The molecule has 1 heterocycles. The SMILES string of the molecule is O=C(CCCc1cccs1)NC1(CCl)CCCC1. The molecular weight excluding hydrogens is 266 g/mol. The topological polar surface area (TPSA) is 29.1 Å². The van der Waals surface area contributed by atoms with Crippen molar-refractivity contribution in [1.82, 2.24) is 5.32 Å². The van der Waals surface area contributed by atoms with E-state index in [-0.39, 0.29) is 11.4 Å². The lowest BCUT2D eigenvalue weighted by molar-refractivity contribution is -0.122. The van der Waals surface area contributed by atoms with Gasteiger partial charge >= 0.3 is 0 Å². The zero-order valence-electron chi connectivity index (χ0n) is 10.6. The Hall–Kier alpha value is -0.540. The summed E-state index contributed by atoms with van der Waals surface area (Å²) in [6.07, 6.45) is 6.96. The summed E-state index contributed by atoms with van der Waals surface area (Å²) in [5, 5.41) is 5.23. The van der Waals surface area contributed by atoms with Gasteiger partial charge in [0.05, 0.1) is 5.54 Å². The third-order valence-electron chi connectivity index (χ3n) is 3.63. The Morgan fingerprint density at radius 2 is 2.22 bits per heavy atom. The van der Waals surface area contributed by atoms with E-state index in [1.165, 1.54) is 17.7 Å². The van der Waals surface area contributed by atoms with Gasteiger partial charge in [0.25, 0.3) is 0 Å². The quantitative estimate of drug-likeness (QED) is 0.793. The van der Waals surface area contributed by atoms with E-state index in [4.69, 9.17) is 11.6 Å². The van der Waals surface area contributed by atoms with Crippen molar-refractivity contribution in [3.05, 3.63) is 22.4 Å². The summed E-state index contributed by atoms with van der Waals surface area (Å²) in [6.45, 7) is 0. The van der Waals surface area contributed by atoms with Crippen LogP contribution in [0.1, 0.15) is 43.4 Å². The Bertz CT molecular complexity index is 371. The second-order valence-electron chi connectivity index (χ2n) is 5.10. The molecule has 0 aliphatic heterocycles. The molecule has 1 amide bonds. The highest BCUT2D eigenvalue weighted by molar-refractivity contribution is 7.09. The van der Waals surface area contributed by atoms with Crippen LogP contribution < -0.4 is 5.32 Å². The van der Waals surface area contributed by atoms with Crippen LogP contribution in [0, 0.1) is 0 Å². The molecule has 1 aromatic rings. The Morgan fingerprint density at radius 3 is 2.83 bits per heavy atom. The first-order valence-electron chi connectivity index (χ1n) is 6.63. The normalized spacial score (nSPS) is 17.8. The lowest BCUT2D eigenvalue weighted by atomic mass is 10.00. The van der Waals surface area contributed by atoms with Gasteiger partial charge in [-0.2, -0.15) is 0 Å². The summed E-state index contributed by atoms with van der Waals surface area (Å²) in [7, 11) is 0. The van der Waals surface area contributed by atoms with Crippen molar-refractivity contribution in [3.8, 4) is 0 Å². The number of carbonyl (C=O) groups excluding carboxylic acids is 1. The summed E-state index contributed by atoms with van der Waals surface area (Å²) in [4.78, 5) is 13.3. The molecule has 1 aliphatic rings. The second-order valence-corrected chi connectivity index (χ2v) is 6.40. The number of alkyl halides is 1. The summed E-state index contributed by atoms with van der Waals surface area (Å²) >= 11 is 7.77. The highest BCUT2D eigenvalue weighted by Gasteiger charge is 2.34. The number of aryl methyl sites for hydroxylation is 1. The number of carbonyl (C=O) groups is 1. The van der Waals surface area contributed by atoms with E-state index in [0.717, 1.165) is 25.7 Å². The molecule has 2 nitrogen and oxygen atoms in total. The highest BCUT2D eigenvalue weighted by Crippen LogP contribution is 2.30. The fraction of sp³-hybridized carbons (Fsp3) is 0.643. The molecule has 0 unspecified atom stereocenters. The van der Waals surface area contributed by atoms with E-state index in [2.05, 4.69) is 22.8 Å². The van der Waals surface area contributed by atoms with Gasteiger partial charge in [-0.15, -0.1) is 22.9 Å². The number of halogens is 1. The zero-order chi connectivity index (χ0) is 12.8. The van der Waals surface area contributed by atoms with E-state index in [9.17, 15) is 4.79 Å². The molecule has 1 aromatic heterocycles. The molecule has 2 rings (SSSR count). The average Bonchev–Trinajstić information content (AvgIpc) is 3.01. The lowest BCUT2D eigenvalue weighted by Crippen LogP contribution is -2.47. The minimum absolute atomic E-state index is 0.110. The van der Waals surface area contributed by atoms with Crippen LogP contribution in [0.15, 0.2) is 17.5 Å². The fourth-order valence-corrected chi connectivity index (χ4v) is 3.67. The van der Waals surface area contributed by atoms with Crippen molar-refractivity contribution in [2.45, 2.75) is 50.5 Å². The summed E-state index contributed by atoms with van der Waals surface area (Å²) < 4.78 is 0. The van der Waals surface area contributed by atoms with Crippen molar-refractivity contribution in [2.75, 3.05) is 5.88 Å². The Labute approximate surface area is 118 Å². The van der Waals surface area contributed by atoms with Crippen LogP contribution >= 0.6 is 22.9 Å². The van der Waals surface area contributed by atoms with Crippen molar-refractivity contribution < 1.29 is 4.79 Å². The molecule has 100 valence electrons. The van der Waals surface area contributed by atoms with Gasteiger partial charge in [0.15, 0.2) is 0 Å². The Kier molecular flexibility index (Phi) is 5.07. The smallest absolute Gasteiger partial charge is 0.220 e. The van der Waals surface area contributed by atoms with E-state index in [0.29, 0.717) is 12.3 Å². The van der Waals surface area contributed by atoms with E-state index in [1.807, 2.05) is 0 Å². The van der Waals surface area contributed by atoms with Gasteiger partial charge in [0.2, 0.25) is 5.91 Å². The monoisotopic (exact) mass is 285 g/mol. The molecule has 0 radical (unpaired) electrons. The third-order valence-corrected chi connectivity index (χ3v) is 5.08. The molecule has 0 saturated heterocycles. The molecule has 1 aliphatic carbocycles. The summed E-state index contributed by atoms with van der Waals surface area (Å²) in [5.74, 6) is 0.707. The summed E-state index contributed by atoms with van der Waals surface area (Å²) in [5.41, 5.74) is -0.110. The minimum atomic E-state index is -0.110. The maximum atomic E-state index is 11.9. The molecule has 1 saturated carbocycles. The minimum Gasteiger partial charge on any atom is -0.349 e. The van der Waals surface area contributed by atoms with Gasteiger partial charge < -0.3 is 5.32 Å². The van der Waals surface area contributed by atoms with Gasteiger partial charge in [-0.1, -0.05) is 18.9 Å².